The van der Waals surface area contributed by atoms with Gasteiger partial charge in [-0.1, -0.05) is 26.8 Å². The first kappa shape index (κ1) is 25.1. The fourth-order valence-electron chi connectivity index (χ4n) is 7.10. The molecule has 0 aromatic rings. The molecule has 0 saturated heterocycles. The van der Waals surface area contributed by atoms with Crippen LogP contribution in [-0.4, -0.2) is 62.7 Å². The standard InChI is InChI=1S/C25H38O7/c1-14(19(29)20(30)21-15(2)11-18(28)32-21)7-8-17-24(4)10-6-9-23(3,13-26)22(24)16(27)12-25(17,5)31/h11,13,16-17,19-22,27,29-31H,1,6-10,12H2,2-5H3/t16-,17+,19+,20+,21?,22-,23-,24+,25+/m0/s1. The van der Waals surface area contributed by atoms with Crippen LogP contribution in [0.4, 0.5) is 0 Å². The molecule has 2 fully saturated rings. The van der Waals surface area contributed by atoms with E-state index < -0.39 is 46.8 Å². The van der Waals surface area contributed by atoms with Crippen molar-refractivity contribution in [3.05, 3.63) is 23.8 Å². The summed E-state index contributed by atoms with van der Waals surface area (Å²) in [6, 6.07) is 0. The number of carbonyl (C=O) groups is 2. The van der Waals surface area contributed by atoms with E-state index in [1.165, 1.54) is 6.08 Å². The highest BCUT2D eigenvalue weighted by Gasteiger charge is 2.62. The van der Waals surface area contributed by atoms with Gasteiger partial charge in [0.05, 0.1) is 11.7 Å². The highest BCUT2D eigenvalue weighted by Crippen LogP contribution is 2.62. The number of ether oxygens (including phenoxy) is 1. The molecule has 1 heterocycles. The average Bonchev–Trinajstić information content (AvgIpc) is 3.03. The van der Waals surface area contributed by atoms with Crippen molar-refractivity contribution in [1.29, 1.82) is 0 Å². The van der Waals surface area contributed by atoms with Gasteiger partial charge >= 0.3 is 5.97 Å². The second-order valence-electron chi connectivity index (χ2n) is 11.0. The van der Waals surface area contributed by atoms with E-state index in [1.54, 1.807) is 13.8 Å². The molecule has 3 aliphatic rings. The lowest BCUT2D eigenvalue weighted by molar-refractivity contribution is -0.213. The van der Waals surface area contributed by atoms with E-state index >= 15 is 0 Å². The van der Waals surface area contributed by atoms with Crippen LogP contribution < -0.4 is 0 Å². The Morgan fingerprint density at radius 3 is 2.53 bits per heavy atom. The van der Waals surface area contributed by atoms with Gasteiger partial charge in [-0.05, 0) is 62.0 Å². The van der Waals surface area contributed by atoms with Crippen LogP contribution >= 0.6 is 0 Å². The molecule has 4 N–H and O–H groups in total. The lowest BCUT2D eigenvalue weighted by atomic mass is 9.44. The Hall–Kier alpha value is -1.54. The largest absolute Gasteiger partial charge is 0.452 e. The molecule has 0 aromatic heterocycles. The van der Waals surface area contributed by atoms with E-state index in [-0.39, 0.29) is 18.3 Å². The van der Waals surface area contributed by atoms with Gasteiger partial charge in [0, 0.05) is 23.8 Å². The zero-order valence-electron chi connectivity index (χ0n) is 19.6. The van der Waals surface area contributed by atoms with Crippen LogP contribution in [0.5, 0.6) is 0 Å². The number of hydrogen-bond acceptors (Lipinski definition) is 7. The summed E-state index contributed by atoms with van der Waals surface area (Å²) in [5.74, 6) is -1.04. The Labute approximate surface area is 190 Å². The average molecular weight is 451 g/mol. The summed E-state index contributed by atoms with van der Waals surface area (Å²) in [4.78, 5) is 23.5. The fraction of sp³-hybridized carbons (Fsp3) is 0.760. The van der Waals surface area contributed by atoms with Crippen LogP contribution in [0.1, 0.15) is 66.2 Å². The van der Waals surface area contributed by atoms with Crippen LogP contribution in [0.25, 0.3) is 0 Å². The molecule has 1 unspecified atom stereocenters. The lowest BCUT2D eigenvalue weighted by Gasteiger charge is -2.62. The maximum Gasteiger partial charge on any atom is 0.331 e. The zero-order valence-corrected chi connectivity index (χ0v) is 19.6. The quantitative estimate of drug-likeness (QED) is 0.266. The van der Waals surface area contributed by atoms with E-state index in [0.717, 1.165) is 19.1 Å². The number of aldehydes is 1. The summed E-state index contributed by atoms with van der Waals surface area (Å²) in [6.45, 7) is 11.3. The van der Waals surface area contributed by atoms with Gasteiger partial charge in [0.2, 0.25) is 0 Å². The number of aliphatic hydroxyl groups is 4. The van der Waals surface area contributed by atoms with Crippen molar-refractivity contribution >= 4 is 12.3 Å². The van der Waals surface area contributed by atoms with Crippen LogP contribution in [0.2, 0.25) is 0 Å². The summed E-state index contributed by atoms with van der Waals surface area (Å²) in [5.41, 5.74) is -1.31. The predicted octanol–water partition coefficient (Wildman–Crippen LogP) is 2.06. The highest BCUT2D eigenvalue weighted by atomic mass is 16.6. The SMILES string of the molecule is C=C(CC[C@@H]1[C@@]2(C)CCC[C@@](C)(C=O)[C@@H]2[C@@H](O)C[C@@]1(C)O)[C@@H](O)[C@@H](O)C1OC(=O)C=C1C. The number of cyclic esters (lactones) is 1. The van der Waals surface area contributed by atoms with Gasteiger partial charge in [-0.3, -0.25) is 0 Å². The molecule has 0 aromatic carbocycles. The maximum atomic E-state index is 12.0. The molecule has 32 heavy (non-hydrogen) atoms. The molecule has 7 heteroatoms. The van der Waals surface area contributed by atoms with Gasteiger partial charge in [-0.2, -0.15) is 0 Å². The molecule has 0 spiro atoms. The van der Waals surface area contributed by atoms with Crippen molar-refractivity contribution in [2.75, 3.05) is 0 Å². The van der Waals surface area contributed by atoms with Crippen LogP contribution in [0.15, 0.2) is 23.8 Å². The van der Waals surface area contributed by atoms with E-state index in [9.17, 15) is 30.0 Å². The summed E-state index contributed by atoms with van der Waals surface area (Å²) in [7, 11) is 0. The summed E-state index contributed by atoms with van der Waals surface area (Å²) in [5, 5.41) is 43.4. The molecule has 0 amide bonds. The van der Waals surface area contributed by atoms with Crippen molar-refractivity contribution in [1.82, 2.24) is 0 Å². The number of carbonyl (C=O) groups excluding carboxylic acids is 2. The molecule has 0 radical (unpaired) electrons. The predicted molar refractivity (Wildman–Crippen MR) is 118 cm³/mol. The maximum absolute atomic E-state index is 12.0. The minimum absolute atomic E-state index is 0.182. The van der Waals surface area contributed by atoms with Crippen molar-refractivity contribution in [3.8, 4) is 0 Å². The first-order chi connectivity index (χ1) is 14.8. The summed E-state index contributed by atoms with van der Waals surface area (Å²) < 4.78 is 5.08. The first-order valence-electron chi connectivity index (χ1n) is 11.6. The van der Waals surface area contributed by atoms with Crippen LogP contribution in [-0.2, 0) is 14.3 Å². The van der Waals surface area contributed by atoms with E-state index in [0.29, 0.717) is 30.4 Å². The summed E-state index contributed by atoms with van der Waals surface area (Å²) >= 11 is 0. The van der Waals surface area contributed by atoms with Crippen molar-refractivity contribution in [2.45, 2.75) is 96.2 Å². The van der Waals surface area contributed by atoms with Crippen molar-refractivity contribution in [2.24, 2.45) is 22.7 Å². The smallest absolute Gasteiger partial charge is 0.331 e. The number of esters is 1. The Balaban J connectivity index is 1.76. The summed E-state index contributed by atoms with van der Waals surface area (Å²) in [6.07, 6.45) is 1.33. The third-order valence-electron chi connectivity index (χ3n) is 8.52. The number of rotatable bonds is 7. The zero-order chi connectivity index (χ0) is 24.1. The molecular formula is C25H38O7. The molecule has 180 valence electrons. The van der Waals surface area contributed by atoms with Gasteiger partial charge in [0.1, 0.15) is 18.5 Å². The van der Waals surface area contributed by atoms with Gasteiger partial charge in [-0.25, -0.2) is 4.79 Å². The molecular weight excluding hydrogens is 412 g/mol. The Morgan fingerprint density at radius 1 is 1.31 bits per heavy atom. The molecule has 3 rings (SSSR count). The van der Waals surface area contributed by atoms with E-state index in [4.69, 9.17) is 4.74 Å². The van der Waals surface area contributed by atoms with Crippen LogP contribution in [0.3, 0.4) is 0 Å². The third kappa shape index (κ3) is 4.20. The van der Waals surface area contributed by atoms with Crippen molar-refractivity contribution < 1.29 is 34.8 Å². The van der Waals surface area contributed by atoms with Gasteiger partial charge in [0.15, 0.2) is 6.10 Å². The molecule has 2 saturated carbocycles. The number of fused-ring (bicyclic) bond motifs is 1. The Bertz CT molecular complexity index is 802. The molecule has 0 bridgehead atoms. The topological polar surface area (TPSA) is 124 Å². The van der Waals surface area contributed by atoms with Gasteiger partial charge in [0.25, 0.3) is 0 Å². The number of hydrogen-bond donors (Lipinski definition) is 4. The van der Waals surface area contributed by atoms with Crippen molar-refractivity contribution in [3.63, 3.8) is 0 Å². The number of aliphatic hydroxyl groups excluding tert-OH is 3. The van der Waals surface area contributed by atoms with E-state index in [2.05, 4.69) is 13.5 Å². The monoisotopic (exact) mass is 450 g/mol. The molecule has 1 aliphatic heterocycles. The second kappa shape index (κ2) is 8.67. The normalized spacial score (nSPS) is 43.6. The third-order valence-corrected chi connectivity index (χ3v) is 8.52. The second-order valence-corrected chi connectivity index (χ2v) is 11.0. The molecule has 7 nitrogen and oxygen atoms in total. The van der Waals surface area contributed by atoms with Gasteiger partial charge in [-0.15, -0.1) is 0 Å². The van der Waals surface area contributed by atoms with E-state index in [1.807, 2.05) is 6.92 Å². The minimum atomic E-state index is -1.32. The van der Waals surface area contributed by atoms with Gasteiger partial charge < -0.3 is 30.0 Å². The van der Waals surface area contributed by atoms with Crippen LogP contribution in [0, 0.1) is 22.7 Å². The minimum Gasteiger partial charge on any atom is -0.452 e. The Morgan fingerprint density at radius 2 is 1.97 bits per heavy atom. The molecule has 2 aliphatic carbocycles. The molecule has 9 atom stereocenters. The highest BCUT2D eigenvalue weighted by molar-refractivity contribution is 5.85. The fourth-order valence-corrected chi connectivity index (χ4v) is 7.10. The Kier molecular flexibility index (Phi) is 6.80. The lowest BCUT2D eigenvalue weighted by Crippen LogP contribution is -2.63. The first-order valence-corrected chi connectivity index (χ1v) is 11.6.